The van der Waals surface area contributed by atoms with Gasteiger partial charge in [-0.1, -0.05) is 32.3 Å². The van der Waals surface area contributed by atoms with Crippen molar-refractivity contribution in [2.24, 2.45) is 17.8 Å². The largest absolute Gasteiger partial charge is 0.494 e. The first kappa shape index (κ1) is 21.7. The van der Waals surface area contributed by atoms with E-state index in [4.69, 9.17) is 9.47 Å². The first-order chi connectivity index (χ1) is 13.1. The highest BCUT2D eigenvalue weighted by Gasteiger charge is 2.25. The molecule has 1 atom stereocenters. The van der Waals surface area contributed by atoms with Gasteiger partial charge in [-0.15, -0.1) is 6.58 Å². The molecule has 0 radical (unpaired) electrons. The molecule has 27 heavy (non-hydrogen) atoms. The molecule has 1 aliphatic rings. The van der Waals surface area contributed by atoms with Gasteiger partial charge in [0.25, 0.3) is 0 Å². The molecule has 1 aliphatic carbocycles. The molecule has 4 heteroatoms. The lowest BCUT2D eigenvalue weighted by Crippen LogP contribution is -2.21. The van der Waals surface area contributed by atoms with Crippen molar-refractivity contribution in [3.8, 4) is 11.5 Å². The zero-order valence-corrected chi connectivity index (χ0v) is 16.8. The molecular formula is C23H34F2O2. The summed E-state index contributed by atoms with van der Waals surface area (Å²) in [4.78, 5) is 0. The Morgan fingerprint density at radius 1 is 1.07 bits per heavy atom. The summed E-state index contributed by atoms with van der Waals surface area (Å²) in [5.74, 6) is 0.197. The molecular weight excluding hydrogens is 346 g/mol. The Morgan fingerprint density at radius 3 is 2.37 bits per heavy atom. The number of halogens is 2. The smallest absolute Gasteiger partial charge is 0.204 e. The van der Waals surface area contributed by atoms with Crippen LogP contribution in [0.25, 0.3) is 0 Å². The quantitative estimate of drug-likeness (QED) is 0.306. The number of methoxy groups -OCH3 is 1. The minimum Gasteiger partial charge on any atom is -0.494 e. The minimum atomic E-state index is -0.992. The van der Waals surface area contributed by atoms with Gasteiger partial charge < -0.3 is 9.47 Å². The zero-order chi connectivity index (χ0) is 19.6. The maximum absolute atomic E-state index is 13.9. The molecule has 0 saturated heterocycles. The third kappa shape index (κ3) is 6.22. The Bertz CT molecular complexity index is 580. The van der Waals surface area contributed by atoms with Gasteiger partial charge in [-0.05, 0) is 68.4 Å². The summed E-state index contributed by atoms with van der Waals surface area (Å²) in [5.41, 5.74) is 0. The van der Waals surface area contributed by atoms with Gasteiger partial charge in [-0.2, -0.15) is 8.78 Å². The highest BCUT2D eigenvalue weighted by molar-refractivity contribution is 5.34. The van der Waals surface area contributed by atoms with Gasteiger partial charge in [0.1, 0.15) is 0 Å². The standard InChI is InChI=1S/C23H34F2O2/c1-4-8-18(19-12-10-17(5-2)11-13-19)9-6-7-16-27-21-15-14-20(26-3)22(24)23(21)25/h5,14-15,17-19H,2,4,6-13,16H2,1,3H3. The molecule has 1 saturated carbocycles. The average molecular weight is 381 g/mol. The number of allylic oxidation sites excluding steroid dienone is 1. The number of unbranched alkanes of at least 4 members (excludes halogenated alkanes) is 1. The number of hydrogen-bond acceptors (Lipinski definition) is 2. The van der Waals surface area contributed by atoms with Gasteiger partial charge in [0.15, 0.2) is 11.5 Å². The van der Waals surface area contributed by atoms with Gasteiger partial charge in [0, 0.05) is 0 Å². The maximum atomic E-state index is 13.9. The molecule has 0 heterocycles. The van der Waals surface area contributed by atoms with E-state index in [1.54, 1.807) is 0 Å². The fourth-order valence-corrected chi connectivity index (χ4v) is 4.31. The van der Waals surface area contributed by atoms with Crippen molar-refractivity contribution >= 4 is 0 Å². The van der Waals surface area contributed by atoms with Gasteiger partial charge in [-0.25, -0.2) is 0 Å². The Kier molecular flexibility index (Phi) is 9.09. The van der Waals surface area contributed by atoms with E-state index in [0.29, 0.717) is 12.5 Å². The fraction of sp³-hybridized carbons (Fsp3) is 0.652. The third-order valence-corrected chi connectivity index (χ3v) is 5.93. The molecule has 1 aromatic rings. The lowest BCUT2D eigenvalue weighted by Gasteiger charge is -2.33. The van der Waals surface area contributed by atoms with Crippen molar-refractivity contribution in [3.05, 3.63) is 36.4 Å². The third-order valence-electron chi connectivity index (χ3n) is 5.93. The summed E-state index contributed by atoms with van der Waals surface area (Å²) in [6, 6.07) is 2.82. The first-order valence-electron chi connectivity index (χ1n) is 10.4. The fourth-order valence-electron chi connectivity index (χ4n) is 4.31. The second kappa shape index (κ2) is 11.3. The van der Waals surface area contributed by atoms with Gasteiger partial charge in [0.2, 0.25) is 11.6 Å². The molecule has 0 amide bonds. The lowest BCUT2D eigenvalue weighted by molar-refractivity contribution is 0.194. The van der Waals surface area contributed by atoms with Crippen LogP contribution in [0, 0.1) is 29.4 Å². The predicted molar refractivity (Wildman–Crippen MR) is 106 cm³/mol. The van der Waals surface area contributed by atoms with Crippen molar-refractivity contribution < 1.29 is 18.3 Å². The molecule has 0 aromatic heterocycles. The van der Waals surface area contributed by atoms with E-state index in [2.05, 4.69) is 19.6 Å². The molecule has 0 aliphatic heterocycles. The van der Waals surface area contributed by atoms with E-state index in [0.717, 1.165) is 24.7 Å². The molecule has 1 aromatic carbocycles. The van der Waals surface area contributed by atoms with Crippen molar-refractivity contribution in [3.63, 3.8) is 0 Å². The van der Waals surface area contributed by atoms with Gasteiger partial charge >= 0.3 is 0 Å². The van der Waals surface area contributed by atoms with E-state index in [9.17, 15) is 8.78 Å². The Balaban J connectivity index is 1.74. The van der Waals surface area contributed by atoms with E-state index in [1.807, 2.05) is 0 Å². The number of ether oxygens (including phenoxy) is 2. The van der Waals surface area contributed by atoms with Crippen LogP contribution in [0.4, 0.5) is 8.78 Å². The van der Waals surface area contributed by atoms with Crippen LogP contribution >= 0.6 is 0 Å². The van der Waals surface area contributed by atoms with E-state index in [1.165, 1.54) is 64.2 Å². The molecule has 1 unspecified atom stereocenters. The van der Waals surface area contributed by atoms with Crippen molar-refractivity contribution in [2.75, 3.05) is 13.7 Å². The molecule has 2 nitrogen and oxygen atoms in total. The second-order valence-corrected chi connectivity index (χ2v) is 7.70. The molecule has 1 fully saturated rings. The Morgan fingerprint density at radius 2 is 1.74 bits per heavy atom. The van der Waals surface area contributed by atoms with E-state index >= 15 is 0 Å². The topological polar surface area (TPSA) is 18.5 Å². The predicted octanol–water partition coefficient (Wildman–Crippen LogP) is 6.93. The Hall–Kier alpha value is -1.58. The summed E-state index contributed by atoms with van der Waals surface area (Å²) >= 11 is 0. The lowest BCUT2D eigenvalue weighted by atomic mass is 9.73. The highest BCUT2D eigenvalue weighted by Crippen LogP contribution is 2.38. The highest BCUT2D eigenvalue weighted by atomic mass is 19.2. The number of rotatable bonds is 11. The summed E-state index contributed by atoms with van der Waals surface area (Å²) in [6.45, 7) is 6.60. The monoisotopic (exact) mass is 380 g/mol. The number of hydrogen-bond donors (Lipinski definition) is 0. The second-order valence-electron chi connectivity index (χ2n) is 7.70. The summed E-state index contributed by atoms with van der Waals surface area (Å²) in [7, 11) is 1.31. The number of benzene rings is 1. The van der Waals surface area contributed by atoms with E-state index in [-0.39, 0.29) is 11.5 Å². The zero-order valence-electron chi connectivity index (χ0n) is 16.8. The molecule has 0 N–H and O–H groups in total. The molecule has 0 spiro atoms. The normalized spacial score (nSPS) is 20.9. The molecule has 2 rings (SSSR count). The SMILES string of the molecule is C=CC1CCC(C(CCC)CCCCOc2ccc(OC)c(F)c2F)CC1. The van der Waals surface area contributed by atoms with Crippen molar-refractivity contribution in [2.45, 2.75) is 64.7 Å². The Labute approximate surface area is 162 Å². The van der Waals surface area contributed by atoms with Gasteiger partial charge in [-0.3, -0.25) is 0 Å². The summed E-state index contributed by atoms with van der Waals surface area (Å²) in [6.07, 6.45) is 12.9. The van der Waals surface area contributed by atoms with Crippen LogP contribution in [-0.4, -0.2) is 13.7 Å². The summed E-state index contributed by atoms with van der Waals surface area (Å²) in [5, 5.41) is 0. The maximum Gasteiger partial charge on any atom is 0.204 e. The van der Waals surface area contributed by atoms with Crippen LogP contribution < -0.4 is 9.47 Å². The van der Waals surface area contributed by atoms with Crippen LogP contribution in [0.3, 0.4) is 0 Å². The molecule has 152 valence electrons. The van der Waals surface area contributed by atoms with Crippen LogP contribution in [0.1, 0.15) is 64.7 Å². The van der Waals surface area contributed by atoms with Crippen LogP contribution in [0.2, 0.25) is 0 Å². The summed E-state index contributed by atoms with van der Waals surface area (Å²) < 4.78 is 37.8. The van der Waals surface area contributed by atoms with Crippen LogP contribution in [0.5, 0.6) is 11.5 Å². The minimum absolute atomic E-state index is 0.0406. The average Bonchev–Trinajstić information content (AvgIpc) is 2.70. The van der Waals surface area contributed by atoms with Crippen LogP contribution in [0.15, 0.2) is 24.8 Å². The van der Waals surface area contributed by atoms with Crippen LogP contribution in [-0.2, 0) is 0 Å². The van der Waals surface area contributed by atoms with E-state index < -0.39 is 11.6 Å². The molecule has 0 bridgehead atoms. The van der Waals surface area contributed by atoms with Crippen molar-refractivity contribution in [1.29, 1.82) is 0 Å². The first-order valence-corrected chi connectivity index (χ1v) is 10.4. The van der Waals surface area contributed by atoms with Crippen molar-refractivity contribution in [1.82, 2.24) is 0 Å². The van der Waals surface area contributed by atoms with Gasteiger partial charge in [0.05, 0.1) is 13.7 Å².